The molecule has 1 aliphatic carbocycles. The lowest BCUT2D eigenvalue weighted by molar-refractivity contribution is -0.126. The smallest absolute Gasteiger partial charge is 0.227 e. The molecule has 4 heteroatoms. The molecule has 1 heterocycles. The Morgan fingerprint density at radius 2 is 2.00 bits per heavy atom. The fraction of sp³-hybridized carbons (Fsp3) is 0.579. The number of carbonyl (C=O) groups excluding carboxylic acids is 2. The molecule has 124 valence electrons. The first-order chi connectivity index (χ1) is 11.2. The quantitative estimate of drug-likeness (QED) is 0.841. The van der Waals surface area contributed by atoms with Gasteiger partial charge in [-0.25, -0.2) is 0 Å². The Kier molecular flexibility index (Phi) is 4.99. The molecular formula is C19H26N2O2. The van der Waals surface area contributed by atoms with Gasteiger partial charge in [-0.15, -0.1) is 0 Å². The number of anilines is 1. The van der Waals surface area contributed by atoms with Crippen molar-refractivity contribution in [2.45, 2.75) is 45.4 Å². The molecule has 2 fully saturated rings. The van der Waals surface area contributed by atoms with E-state index in [2.05, 4.69) is 24.4 Å². The zero-order valence-electron chi connectivity index (χ0n) is 13.9. The summed E-state index contributed by atoms with van der Waals surface area (Å²) in [5.41, 5.74) is 2.22. The van der Waals surface area contributed by atoms with E-state index in [-0.39, 0.29) is 17.7 Å². The average Bonchev–Trinajstić information content (AvgIpc) is 3.32. The largest absolute Gasteiger partial charge is 0.356 e. The summed E-state index contributed by atoms with van der Waals surface area (Å²) in [5.74, 6) is 0.550. The van der Waals surface area contributed by atoms with E-state index in [1.54, 1.807) is 4.90 Å². The third-order valence-electron chi connectivity index (χ3n) is 4.82. The lowest BCUT2D eigenvalue weighted by Crippen LogP contribution is -2.34. The van der Waals surface area contributed by atoms with Crippen LogP contribution in [0, 0.1) is 11.8 Å². The van der Waals surface area contributed by atoms with Crippen LogP contribution in [-0.4, -0.2) is 24.9 Å². The van der Waals surface area contributed by atoms with Gasteiger partial charge in [-0.05, 0) is 49.3 Å². The van der Waals surface area contributed by atoms with Gasteiger partial charge in [0.1, 0.15) is 0 Å². The van der Waals surface area contributed by atoms with Gasteiger partial charge >= 0.3 is 0 Å². The van der Waals surface area contributed by atoms with E-state index in [0.717, 1.165) is 18.7 Å². The summed E-state index contributed by atoms with van der Waals surface area (Å²) < 4.78 is 0. The highest BCUT2D eigenvalue weighted by Gasteiger charge is 2.35. The van der Waals surface area contributed by atoms with Crippen LogP contribution in [-0.2, 0) is 16.0 Å². The first-order valence-corrected chi connectivity index (χ1v) is 8.84. The minimum atomic E-state index is -0.207. The summed E-state index contributed by atoms with van der Waals surface area (Å²) in [6.45, 7) is 3.46. The minimum absolute atomic E-state index is 0.0346. The van der Waals surface area contributed by atoms with Crippen LogP contribution in [0.25, 0.3) is 0 Å². The first-order valence-electron chi connectivity index (χ1n) is 8.84. The molecule has 1 aromatic rings. The van der Waals surface area contributed by atoms with Crippen LogP contribution in [0.2, 0.25) is 0 Å². The summed E-state index contributed by atoms with van der Waals surface area (Å²) in [4.78, 5) is 26.2. The van der Waals surface area contributed by atoms with Gasteiger partial charge in [0, 0.05) is 25.2 Å². The van der Waals surface area contributed by atoms with Crippen molar-refractivity contribution in [1.29, 1.82) is 0 Å². The molecule has 1 unspecified atom stereocenters. The van der Waals surface area contributed by atoms with Gasteiger partial charge < -0.3 is 10.2 Å². The predicted octanol–water partition coefficient (Wildman–Crippen LogP) is 2.91. The molecule has 1 N–H and O–H groups in total. The van der Waals surface area contributed by atoms with Crippen LogP contribution in [0.3, 0.4) is 0 Å². The van der Waals surface area contributed by atoms with Gasteiger partial charge in [0.25, 0.3) is 0 Å². The second-order valence-electron chi connectivity index (χ2n) is 6.86. The van der Waals surface area contributed by atoms with Crippen LogP contribution in [0.1, 0.15) is 44.6 Å². The number of nitrogens with zero attached hydrogens (tertiary/aromatic N) is 1. The van der Waals surface area contributed by atoms with Crippen LogP contribution < -0.4 is 10.2 Å². The monoisotopic (exact) mass is 314 g/mol. The normalized spacial score (nSPS) is 20.8. The van der Waals surface area contributed by atoms with Crippen molar-refractivity contribution in [2.75, 3.05) is 18.0 Å². The van der Waals surface area contributed by atoms with E-state index in [0.29, 0.717) is 18.9 Å². The number of benzene rings is 1. The van der Waals surface area contributed by atoms with Gasteiger partial charge in [0.15, 0.2) is 0 Å². The molecule has 23 heavy (non-hydrogen) atoms. The molecule has 1 aromatic carbocycles. The van der Waals surface area contributed by atoms with Gasteiger partial charge in [-0.1, -0.05) is 25.5 Å². The van der Waals surface area contributed by atoms with Gasteiger partial charge in [0.05, 0.1) is 5.92 Å². The van der Waals surface area contributed by atoms with Gasteiger partial charge in [-0.2, -0.15) is 0 Å². The van der Waals surface area contributed by atoms with Gasteiger partial charge in [0.2, 0.25) is 11.8 Å². The van der Waals surface area contributed by atoms with Crippen molar-refractivity contribution in [1.82, 2.24) is 5.32 Å². The number of aryl methyl sites for hydroxylation is 1. The molecule has 0 bridgehead atoms. The van der Waals surface area contributed by atoms with E-state index < -0.39 is 0 Å². The maximum Gasteiger partial charge on any atom is 0.227 e. The second kappa shape index (κ2) is 7.16. The minimum Gasteiger partial charge on any atom is -0.356 e. The van der Waals surface area contributed by atoms with Crippen LogP contribution in [0.4, 0.5) is 5.69 Å². The highest BCUT2D eigenvalue weighted by atomic mass is 16.2. The lowest BCUT2D eigenvalue weighted by atomic mass is 10.1. The summed E-state index contributed by atoms with van der Waals surface area (Å²) in [6, 6.07) is 8.21. The molecule has 2 aliphatic rings. The Morgan fingerprint density at radius 1 is 1.26 bits per heavy atom. The Labute approximate surface area is 138 Å². The Hall–Kier alpha value is -1.84. The Morgan fingerprint density at radius 3 is 2.65 bits per heavy atom. The van der Waals surface area contributed by atoms with Crippen molar-refractivity contribution in [3.05, 3.63) is 29.8 Å². The molecule has 1 saturated heterocycles. The molecule has 1 atom stereocenters. The summed E-state index contributed by atoms with van der Waals surface area (Å²) in [5, 5.41) is 2.99. The summed E-state index contributed by atoms with van der Waals surface area (Å²) in [7, 11) is 0. The fourth-order valence-electron chi connectivity index (χ4n) is 3.07. The standard InChI is InChI=1S/C19H26N2O2/c1-2-3-4-14-7-9-17(10-8-14)21-13-16(11-18(21)22)19(23)20-12-15-5-6-15/h7-10,15-16H,2-6,11-13H2,1H3,(H,20,23). The lowest BCUT2D eigenvalue weighted by Gasteiger charge is -2.17. The zero-order chi connectivity index (χ0) is 16.2. The van der Waals surface area contributed by atoms with E-state index in [4.69, 9.17) is 0 Å². The summed E-state index contributed by atoms with van der Waals surface area (Å²) >= 11 is 0. The first kappa shape index (κ1) is 16.0. The number of hydrogen-bond donors (Lipinski definition) is 1. The van der Waals surface area contributed by atoms with E-state index in [9.17, 15) is 9.59 Å². The average molecular weight is 314 g/mol. The van der Waals surface area contributed by atoms with Crippen molar-refractivity contribution >= 4 is 17.5 Å². The Balaban J connectivity index is 1.57. The van der Waals surface area contributed by atoms with Crippen molar-refractivity contribution in [3.8, 4) is 0 Å². The fourth-order valence-corrected chi connectivity index (χ4v) is 3.07. The van der Waals surface area contributed by atoms with Crippen molar-refractivity contribution < 1.29 is 9.59 Å². The van der Waals surface area contributed by atoms with Gasteiger partial charge in [-0.3, -0.25) is 9.59 Å². The molecule has 4 nitrogen and oxygen atoms in total. The molecule has 0 radical (unpaired) electrons. The molecule has 1 aliphatic heterocycles. The second-order valence-corrected chi connectivity index (χ2v) is 6.86. The number of hydrogen-bond acceptors (Lipinski definition) is 2. The number of carbonyl (C=O) groups is 2. The molecule has 0 spiro atoms. The maximum absolute atomic E-state index is 12.2. The highest BCUT2D eigenvalue weighted by Crippen LogP contribution is 2.29. The van der Waals surface area contributed by atoms with E-state index in [1.165, 1.54) is 31.2 Å². The molecular weight excluding hydrogens is 288 g/mol. The zero-order valence-corrected chi connectivity index (χ0v) is 13.9. The topological polar surface area (TPSA) is 49.4 Å². The van der Waals surface area contributed by atoms with Crippen LogP contribution in [0.15, 0.2) is 24.3 Å². The predicted molar refractivity (Wildman–Crippen MR) is 91.2 cm³/mol. The SMILES string of the molecule is CCCCc1ccc(N2CC(C(=O)NCC3CC3)CC2=O)cc1. The number of rotatable bonds is 7. The van der Waals surface area contributed by atoms with Crippen molar-refractivity contribution in [2.24, 2.45) is 11.8 Å². The highest BCUT2D eigenvalue weighted by molar-refractivity contribution is 6.00. The Bertz CT molecular complexity index is 563. The third-order valence-corrected chi connectivity index (χ3v) is 4.82. The molecule has 1 saturated carbocycles. The van der Waals surface area contributed by atoms with Crippen molar-refractivity contribution in [3.63, 3.8) is 0 Å². The number of unbranched alkanes of at least 4 members (excludes halogenated alkanes) is 1. The van der Waals surface area contributed by atoms with Crippen LogP contribution in [0.5, 0.6) is 0 Å². The van der Waals surface area contributed by atoms with E-state index >= 15 is 0 Å². The van der Waals surface area contributed by atoms with Crippen LogP contribution >= 0.6 is 0 Å². The summed E-state index contributed by atoms with van der Waals surface area (Å²) in [6.07, 6.45) is 6.22. The molecule has 3 rings (SSSR count). The molecule has 0 aromatic heterocycles. The number of amides is 2. The maximum atomic E-state index is 12.2. The number of nitrogens with one attached hydrogen (secondary N) is 1. The molecule has 2 amide bonds. The van der Waals surface area contributed by atoms with E-state index in [1.807, 2.05) is 12.1 Å². The third kappa shape index (κ3) is 4.12.